The molecule has 0 atom stereocenters. The van der Waals surface area contributed by atoms with Gasteiger partial charge in [0.2, 0.25) is 0 Å². The summed E-state index contributed by atoms with van der Waals surface area (Å²) in [5, 5.41) is 0. The van der Waals surface area contributed by atoms with Crippen molar-refractivity contribution in [3.63, 3.8) is 0 Å². The molecule has 0 fully saturated rings. The van der Waals surface area contributed by atoms with Crippen LogP contribution in [-0.4, -0.2) is 0 Å². The van der Waals surface area contributed by atoms with E-state index >= 15 is 0 Å². The normalized spacial score (nSPS) is 7.60. The maximum absolute atomic E-state index is 2.00. The molecular formula is C4H8He. The van der Waals surface area contributed by atoms with E-state index in [1.54, 1.807) is 0 Å². The molecule has 26 valence electrons. The van der Waals surface area contributed by atoms with E-state index in [1.807, 2.05) is 26.0 Å². The van der Waals surface area contributed by atoms with Crippen molar-refractivity contribution < 1.29 is 6.15 Å². The minimum Gasteiger partial charge on any atom is -0.0919 e. The zero-order valence-electron chi connectivity index (χ0n) is 3.86. The molecule has 0 unspecified atom stereocenters. The Morgan fingerprint density at radius 2 is 1.20 bits per heavy atom. The van der Waals surface area contributed by atoms with E-state index in [2.05, 4.69) is 0 Å². The van der Waals surface area contributed by atoms with Gasteiger partial charge >= 0.3 is 0 Å². The quantitative estimate of drug-likeness (QED) is 0.372. The second-order valence-corrected chi connectivity index (χ2v) is 0.667. The van der Waals surface area contributed by atoms with Gasteiger partial charge in [0.05, 0.1) is 0 Å². The largest absolute Gasteiger partial charge is 0.0919 e. The molecule has 0 rings (SSSR count). The first kappa shape index (κ1) is 8.82. The molecule has 0 bridgehead atoms. The molecule has 0 heterocycles. The summed E-state index contributed by atoms with van der Waals surface area (Å²) >= 11 is 0. The van der Waals surface area contributed by atoms with Crippen LogP contribution in [0.25, 0.3) is 0 Å². The van der Waals surface area contributed by atoms with Gasteiger partial charge in [0.25, 0.3) is 0 Å². The summed E-state index contributed by atoms with van der Waals surface area (Å²) in [7, 11) is 0. The summed E-state index contributed by atoms with van der Waals surface area (Å²) in [6.07, 6.45) is 4.00. The van der Waals surface area contributed by atoms with E-state index in [-0.39, 0.29) is 6.15 Å². The van der Waals surface area contributed by atoms with Gasteiger partial charge in [-0.15, -0.1) is 0 Å². The molecule has 0 nitrogen and oxygen atoms in total. The topological polar surface area (TPSA) is 0 Å². The number of rotatable bonds is 0. The van der Waals surface area contributed by atoms with Gasteiger partial charge in [0.15, 0.2) is 0 Å². The van der Waals surface area contributed by atoms with E-state index in [9.17, 15) is 0 Å². The monoisotopic (exact) mass is 60.1 g/mol. The van der Waals surface area contributed by atoms with Crippen molar-refractivity contribution in [2.75, 3.05) is 0 Å². The fraction of sp³-hybridized carbons (Fsp3) is 0.500. The van der Waals surface area contributed by atoms with Gasteiger partial charge in [-0.25, -0.2) is 0 Å². The van der Waals surface area contributed by atoms with E-state index in [4.69, 9.17) is 0 Å². The van der Waals surface area contributed by atoms with E-state index in [1.165, 1.54) is 0 Å². The first-order valence-electron chi connectivity index (χ1n) is 1.49. The van der Waals surface area contributed by atoms with Crippen LogP contribution in [0.4, 0.5) is 0 Å². The van der Waals surface area contributed by atoms with Crippen LogP contribution >= 0.6 is 0 Å². The van der Waals surface area contributed by atoms with Crippen LogP contribution in [0.15, 0.2) is 12.2 Å². The fourth-order valence-electron chi connectivity index (χ4n) is 0. The van der Waals surface area contributed by atoms with Crippen LogP contribution in [0, 0.1) is 6.15 Å². The molecule has 0 aliphatic heterocycles. The molecule has 0 aromatic carbocycles. The Balaban J connectivity index is 0. The average molecular weight is 60.1 g/mol. The molecule has 0 N–H and O–H groups in total. The molecule has 0 aromatic rings. The van der Waals surface area contributed by atoms with Gasteiger partial charge < -0.3 is 0 Å². The molecule has 1 heteroatoms. The first-order chi connectivity index (χ1) is 1.91. The number of hydrogen-bond acceptors (Lipinski definition) is 0. The number of hydrogen-bond donors (Lipinski definition) is 0. The summed E-state index contributed by atoms with van der Waals surface area (Å²) in [5.41, 5.74) is 0. The molecule has 0 radical (unpaired) electrons. The van der Waals surface area contributed by atoms with Gasteiger partial charge in [0.1, 0.15) is 0 Å². The average Bonchev–Trinajstić information content (AvgIpc) is 1.37. The second kappa shape index (κ2) is 9.42. The zero-order chi connectivity index (χ0) is 3.41. The number of allylic oxidation sites excluding steroid dienone is 2. The Morgan fingerprint density at radius 3 is 1.20 bits per heavy atom. The zero-order valence-corrected chi connectivity index (χ0v) is 3.86. The molecular weight excluding hydrogens is 52.0 g/mol. The van der Waals surface area contributed by atoms with Gasteiger partial charge in [-0.05, 0) is 13.8 Å². The summed E-state index contributed by atoms with van der Waals surface area (Å²) in [6.45, 7) is 4.00. The third kappa shape index (κ3) is 23.6. The standard InChI is InChI=1S/C4H8.He/c1-3-4-2;/h3-4H,1-2H3;. The van der Waals surface area contributed by atoms with Gasteiger partial charge in [0, 0.05) is 6.15 Å². The van der Waals surface area contributed by atoms with Crippen LogP contribution in [0.3, 0.4) is 0 Å². The van der Waals surface area contributed by atoms with Crippen molar-refractivity contribution in [2.24, 2.45) is 0 Å². The fourth-order valence-corrected chi connectivity index (χ4v) is 0. The minimum atomic E-state index is 0. The van der Waals surface area contributed by atoms with Crippen LogP contribution in [0.2, 0.25) is 0 Å². The predicted octanol–water partition coefficient (Wildman–Crippen LogP) is 1.58. The van der Waals surface area contributed by atoms with Crippen LogP contribution < -0.4 is 0 Å². The van der Waals surface area contributed by atoms with Gasteiger partial charge in [-0.1, -0.05) is 12.2 Å². The molecule has 0 amide bonds. The maximum atomic E-state index is 2.00. The van der Waals surface area contributed by atoms with Crippen molar-refractivity contribution in [3.8, 4) is 0 Å². The van der Waals surface area contributed by atoms with E-state index < -0.39 is 0 Å². The third-order valence-corrected chi connectivity index (χ3v) is 0.333. The molecule has 0 spiro atoms. The van der Waals surface area contributed by atoms with Crippen molar-refractivity contribution >= 4 is 0 Å². The first-order valence-corrected chi connectivity index (χ1v) is 1.49. The smallest absolute Gasteiger partial charge is 0 e. The Morgan fingerprint density at radius 1 is 1.00 bits per heavy atom. The molecule has 0 saturated heterocycles. The Labute approximate surface area is 33.3 Å². The van der Waals surface area contributed by atoms with Crippen LogP contribution in [0.1, 0.15) is 13.8 Å². The van der Waals surface area contributed by atoms with Gasteiger partial charge in [-0.3, -0.25) is 0 Å². The predicted molar refractivity (Wildman–Crippen MR) is 20.5 cm³/mol. The molecule has 0 aromatic heterocycles. The SMILES string of the molecule is CC=CC.[He]. The summed E-state index contributed by atoms with van der Waals surface area (Å²) in [4.78, 5) is 0. The van der Waals surface area contributed by atoms with Crippen LogP contribution in [0.5, 0.6) is 0 Å². The third-order valence-electron chi connectivity index (χ3n) is 0.333. The Bertz CT molecular complexity index is 18.8. The van der Waals surface area contributed by atoms with E-state index in [0.717, 1.165) is 0 Å². The molecule has 0 aliphatic carbocycles. The molecule has 0 saturated carbocycles. The summed E-state index contributed by atoms with van der Waals surface area (Å²) in [5.74, 6) is 0. The summed E-state index contributed by atoms with van der Waals surface area (Å²) in [6, 6.07) is 0. The molecule has 0 aliphatic rings. The van der Waals surface area contributed by atoms with Crippen LogP contribution in [-0.2, 0) is 0 Å². The van der Waals surface area contributed by atoms with Crippen molar-refractivity contribution in [1.29, 1.82) is 0 Å². The van der Waals surface area contributed by atoms with E-state index in [0.29, 0.717) is 0 Å². The van der Waals surface area contributed by atoms with Crippen molar-refractivity contribution in [3.05, 3.63) is 12.2 Å². The summed E-state index contributed by atoms with van der Waals surface area (Å²) < 4.78 is 0. The second-order valence-electron chi connectivity index (χ2n) is 0.667. The van der Waals surface area contributed by atoms with Crippen molar-refractivity contribution in [2.45, 2.75) is 13.8 Å². The Hall–Kier alpha value is -0.351. The minimum absolute atomic E-state index is 0. The van der Waals surface area contributed by atoms with Gasteiger partial charge in [-0.2, -0.15) is 0 Å². The van der Waals surface area contributed by atoms with Crippen molar-refractivity contribution in [1.82, 2.24) is 0 Å². The maximum Gasteiger partial charge on any atom is 0 e. The molecule has 5 heavy (non-hydrogen) atoms. The Kier molecular flexibility index (Phi) is 16.6.